The number of amides is 1. The molecule has 1 aliphatic rings. The number of carbonyl (C=O) groups excluding carboxylic acids is 2. The molecule has 0 unspecified atom stereocenters. The van der Waals surface area contributed by atoms with E-state index >= 15 is 0 Å². The quantitative estimate of drug-likeness (QED) is 0.253. The molecule has 2 aromatic rings. The molecule has 2 aromatic carbocycles. The van der Waals surface area contributed by atoms with Crippen LogP contribution in [0.15, 0.2) is 54.1 Å². The normalized spacial score (nSPS) is 17.3. The Bertz CT molecular complexity index is 1060. The fourth-order valence-corrected chi connectivity index (χ4v) is 4.33. The van der Waals surface area contributed by atoms with E-state index in [-0.39, 0.29) is 17.4 Å². The Morgan fingerprint density at radius 3 is 2.14 bits per heavy atom. The first kappa shape index (κ1) is 27.3. The number of likely N-dealkylation sites (N-methyl/N-ethyl adjacent to an activating group) is 1. The first-order valence-electron chi connectivity index (χ1n) is 12.8. The van der Waals surface area contributed by atoms with Gasteiger partial charge in [0, 0.05) is 18.7 Å². The SMILES string of the molecule is CCCOc1ccc(C(O)=C2C(=O)C(=O)N(CCN(CC)CC)[C@@H]2c2ccc(OC(C)C)cc2)cc1. The summed E-state index contributed by atoms with van der Waals surface area (Å²) in [6, 6.07) is 13.6. The highest BCUT2D eigenvalue weighted by Gasteiger charge is 2.46. The summed E-state index contributed by atoms with van der Waals surface area (Å²) >= 11 is 0. The molecule has 0 radical (unpaired) electrons. The smallest absolute Gasteiger partial charge is 0.295 e. The van der Waals surface area contributed by atoms with Crippen LogP contribution in [0.25, 0.3) is 5.76 Å². The van der Waals surface area contributed by atoms with Crippen LogP contribution in [0.2, 0.25) is 0 Å². The Labute approximate surface area is 214 Å². The Morgan fingerprint density at radius 1 is 0.972 bits per heavy atom. The predicted molar refractivity (Wildman–Crippen MR) is 141 cm³/mol. The van der Waals surface area contributed by atoms with Gasteiger partial charge >= 0.3 is 0 Å². The minimum absolute atomic E-state index is 0.0276. The minimum Gasteiger partial charge on any atom is -0.507 e. The van der Waals surface area contributed by atoms with Gasteiger partial charge in [-0.2, -0.15) is 0 Å². The van der Waals surface area contributed by atoms with Crippen LogP contribution in [0, 0.1) is 0 Å². The zero-order chi connectivity index (χ0) is 26.2. The third-order valence-corrected chi connectivity index (χ3v) is 6.26. The van der Waals surface area contributed by atoms with E-state index in [4.69, 9.17) is 9.47 Å². The number of rotatable bonds is 12. The molecule has 1 N–H and O–H groups in total. The molecule has 0 bridgehead atoms. The third-order valence-electron chi connectivity index (χ3n) is 6.26. The van der Waals surface area contributed by atoms with Gasteiger partial charge in [-0.15, -0.1) is 0 Å². The van der Waals surface area contributed by atoms with E-state index in [9.17, 15) is 14.7 Å². The lowest BCUT2D eigenvalue weighted by Gasteiger charge is -2.28. The molecule has 0 aromatic heterocycles. The molecule has 1 atom stereocenters. The van der Waals surface area contributed by atoms with Gasteiger partial charge in [-0.3, -0.25) is 9.59 Å². The Morgan fingerprint density at radius 2 is 1.58 bits per heavy atom. The number of nitrogens with zero attached hydrogens (tertiary/aromatic N) is 2. The summed E-state index contributed by atoms with van der Waals surface area (Å²) in [5.74, 6) is -0.0694. The average Bonchev–Trinajstić information content (AvgIpc) is 3.13. The summed E-state index contributed by atoms with van der Waals surface area (Å²) in [5.41, 5.74) is 1.30. The number of aliphatic hydroxyl groups excluding tert-OH is 1. The van der Waals surface area contributed by atoms with Gasteiger partial charge in [0.1, 0.15) is 17.3 Å². The fourth-order valence-electron chi connectivity index (χ4n) is 4.33. The van der Waals surface area contributed by atoms with E-state index in [2.05, 4.69) is 18.7 Å². The second-order valence-electron chi connectivity index (χ2n) is 9.13. The number of likely N-dealkylation sites (tertiary alicyclic amines) is 1. The molecule has 194 valence electrons. The van der Waals surface area contributed by atoms with Crippen molar-refractivity contribution in [3.63, 3.8) is 0 Å². The Hall–Kier alpha value is -3.32. The van der Waals surface area contributed by atoms with Crippen molar-refractivity contribution in [3.05, 3.63) is 65.2 Å². The molecular weight excluding hydrogens is 456 g/mol. The van der Waals surface area contributed by atoms with Crippen LogP contribution in [0.5, 0.6) is 11.5 Å². The highest BCUT2D eigenvalue weighted by atomic mass is 16.5. The number of hydrogen-bond acceptors (Lipinski definition) is 6. The number of ether oxygens (including phenoxy) is 2. The van der Waals surface area contributed by atoms with Gasteiger partial charge < -0.3 is 24.4 Å². The van der Waals surface area contributed by atoms with Gasteiger partial charge in [0.25, 0.3) is 11.7 Å². The summed E-state index contributed by atoms with van der Waals surface area (Å²) in [6.07, 6.45) is 0.916. The van der Waals surface area contributed by atoms with E-state index in [0.717, 1.165) is 25.1 Å². The van der Waals surface area contributed by atoms with Crippen molar-refractivity contribution >= 4 is 17.4 Å². The van der Waals surface area contributed by atoms with Crippen LogP contribution in [0.1, 0.15) is 58.2 Å². The minimum atomic E-state index is -0.690. The van der Waals surface area contributed by atoms with Crippen molar-refractivity contribution in [3.8, 4) is 11.5 Å². The standard InChI is InChI=1S/C29H38N2O5/c1-6-19-35-23-13-11-22(12-14-23)27(32)25-26(21-9-15-24(16-10-21)36-20(4)5)31(29(34)28(25)33)18-17-30(7-2)8-3/h9-16,20,26,32H,6-8,17-19H2,1-5H3/t26-/m1/s1. The van der Waals surface area contributed by atoms with Crippen molar-refractivity contribution in [1.29, 1.82) is 0 Å². The first-order chi connectivity index (χ1) is 17.3. The molecule has 3 rings (SSSR count). The van der Waals surface area contributed by atoms with Crippen LogP contribution < -0.4 is 9.47 Å². The number of aliphatic hydroxyl groups is 1. The molecule has 7 nitrogen and oxygen atoms in total. The molecule has 0 saturated carbocycles. The van der Waals surface area contributed by atoms with Gasteiger partial charge in [-0.25, -0.2) is 0 Å². The summed E-state index contributed by atoms with van der Waals surface area (Å²) in [4.78, 5) is 30.2. The van der Waals surface area contributed by atoms with E-state index in [1.165, 1.54) is 0 Å². The maximum atomic E-state index is 13.2. The highest BCUT2D eigenvalue weighted by Crippen LogP contribution is 2.40. The van der Waals surface area contributed by atoms with Crippen LogP contribution in [-0.2, 0) is 9.59 Å². The zero-order valence-corrected chi connectivity index (χ0v) is 22.0. The molecule has 36 heavy (non-hydrogen) atoms. The van der Waals surface area contributed by atoms with Crippen LogP contribution in [0.3, 0.4) is 0 Å². The van der Waals surface area contributed by atoms with Crippen molar-refractivity contribution in [2.24, 2.45) is 0 Å². The third kappa shape index (κ3) is 6.26. The molecule has 1 saturated heterocycles. The van der Waals surface area contributed by atoms with Crippen LogP contribution in [0.4, 0.5) is 0 Å². The summed E-state index contributed by atoms with van der Waals surface area (Å²) in [6.45, 7) is 13.4. The van der Waals surface area contributed by atoms with Gasteiger partial charge in [0.05, 0.1) is 24.3 Å². The first-order valence-corrected chi connectivity index (χ1v) is 12.8. The summed E-state index contributed by atoms with van der Waals surface area (Å²) in [7, 11) is 0. The number of Topliss-reactive ketones (excluding diaryl/α,β-unsaturated/α-hetero) is 1. The summed E-state index contributed by atoms with van der Waals surface area (Å²) in [5, 5.41) is 11.3. The Balaban J connectivity index is 2.02. The van der Waals surface area contributed by atoms with Crippen LogP contribution in [-0.4, -0.2) is 65.5 Å². The second-order valence-corrected chi connectivity index (χ2v) is 9.13. The maximum Gasteiger partial charge on any atom is 0.295 e. The van der Waals surface area contributed by atoms with Crippen molar-refractivity contribution in [2.45, 2.75) is 53.2 Å². The monoisotopic (exact) mass is 494 g/mol. The van der Waals surface area contributed by atoms with Gasteiger partial charge in [-0.05, 0) is 75.3 Å². The molecule has 0 spiro atoms. The van der Waals surface area contributed by atoms with Crippen molar-refractivity contribution in [2.75, 3.05) is 32.8 Å². The number of carbonyl (C=O) groups is 2. The van der Waals surface area contributed by atoms with E-state index in [1.54, 1.807) is 29.2 Å². The van der Waals surface area contributed by atoms with Crippen molar-refractivity contribution in [1.82, 2.24) is 9.80 Å². The molecule has 1 aliphatic heterocycles. The topological polar surface area (TPSA) is 79.3 Å². The molecule has 1 heterocycles. The van der Waals surface area contributed by atoms with Crippen molar-refractivity contribution < 1.29 is 24.2 Å². The highest BCUT2D eigenvalue weighted by molar-refractivity contribution is 6.46. The molecule has 1 fully saturated rings. The lowest BCUT2D eigenvalue weighted by molar-refractivity contribution is -0.140. The van der Waals surface area contributed by atoms with Gasteiger partial charge in [-0.1, -0.05) is 32.9 Å². The lowest BCUT2D eigenvalue weighted by Crippen LogP contribution is -2.38. The predicted octanol–water partition coefficient (Wildman–Crippen LogP) is 5.03. The Kier molecular flexibility index (Phi) is 9.53. The zero-order valence-electron chi connectivity index (χ0n) is 22.0. The lowest BCUT2D eigenvalue weighted by atomic mass is 9.95. The molecule has 0 aliphatic carbocycles. The van der Waals surface area contributed by atoms with Gasteiger partial charge in [0.15, 0.2) is 0 Å². The number of hydrogen-bond donors (Lipinski definition) is 1. The largest absolute Gasteiger partial charge is 0.507 e. The molecule has 7 heteroatoms. The number of benzene rings is 2. The number of ketones is 1. The second kappa shape index (κ2) is 12.6. The molecule has 1 amide bonds. The fraction of sp³-hybridized carbons (Fsp3) is 0.448. The summed E-state index contributed by atoms with van der Waals surface area (Å²) < 4.78 is 11.4. The van der Waals surface area contributed by atoms with Gasteiger partial charge in [0.2, 0.25) is 0 Å². The van der Waals surface area contributed by atoms with E-state index < -0.39 is 17.7 Å². The average molecular weight is 495 g/mol. The maximum absolute atomic E-state index is 13.2. The van der Waals surface area contributed by atoms with E-state index in [1.807, 2.05) is 45.0 Å². The van der Waals surface area contributed by atoms with Crippen LogP contribution >= 0.6 is 0 Å². The molecular formula is C29H38N2O5. The van der Waals surface area contributed by atoms with E-state index in [0.29, 0.717) is 36.8 Å².